The Bertz CT molecular complexity index is 344. The van der Waals surface area contributed by atoms with Crippen LogP contribution in [0.25, 0.3) is 0 Å². The van der Waals surface area contributed by atoms with Gasteiger partial charge in [-0.05, 0) is 19.1 Å². The molecule has 0 radical (unpaired) electrons. The largest absolute Gasteiger partial charge is 0.493 e. The van der Waals surface area contributed by atoms with E-state index in [-0.39, 0.29) is 0 Å². The lowest BCUT2D eigenvalue weighted by atomic mass is 10.2. The molecule has 4 nitrogen and oxygen atoms in total. The van der Waals surface area contributed by atoms with Crippen LogP contribution in [0.5, 0.6) is 11.5 Å². The molecule has 0 amide bonds. The Balaban J connectivity index is 3.08. The van der Waals surface area contributed by atoms with Gasteiger partial charge in [0.2, 0.25) is 0 Å². The van der Waals surface area contributed by atoms with E-state index in [2.05, 4.69) is 21.4 Å². The lowest BCUT2D eigenvalue weighted by molar-refractivity contribution is 0.0857. The minimum Gasteiger partial charge on any atom is -0.493 e. The molecule has 0 saturated carbocycles. The minimum atomic E-state index is 0.545. The summed E-state index contributed by atoms with van der Waals surface area (Å²) in [6, 6.07) is 3.79. The van der Waals surface area contributed by atoms with Crippen LogP contribution in [-0.2, 0) is 11.4 Å². The average molecular weight is 290 g/mol. The zero-order valence-electron chi connectivity index (χ0n) is 9.67. The molecule has 5 heteroatoms. The minimum absolute atomic E-state index is 0.545. The van der Waals surface area contributed by atoms with Crippen LogP contribution < -0.4 is 15.0 Å². The summed E-state index contributed by atoms with van der Waals surface area (Å²) in [6.07, 6.45) is 0. The van der Waals surface area contributed by atoms with Gasteiger partial charge >= 0.3 is 0 Å². The number of hydrogen-bond acceptors (Lipinski definition) is 4. The summed E-state index contributed by atoms with van der Waals surface area (Å²) in [6.45, 7) is 3.07. The van der Waals surface area contributed by atoms with Gasteiger partial charge < -0.3 is 14.3 Å². The third-order valence-electron chi connectivity index (χ3n) is 2.07. The van der Waals surface area contributed by atoms with Crippen molar-refractivity contribution < 1.29 is 14.3 Å². The van der Waals surface area contributed by atoms with E-state index in [1.807, 2.05) is 19.1 Å². The highest BCUT2D eigenvalue weighted by molar-refractivity contribution is 9.10. The highest BCUT2D eigenvalue weighted by atomic mass is 79.9. The van der Waals surface area contributed by atoms with Gasteiger partial charge in [-0.1, -0.05) is 15.9 Å². The topological polar surface area (TPSA) is 39.7 Å². The molecule has 0 aromatic heterocycles. The normalized spacial score (nSPS) is 10.2. The summed E-state index contributed by atoms with van der Waals surface area (Å²) in [5.74, 6) is 1.46. The second kappa shape index (κ2) is 6.73. The van der Waals surface area contributed by atoms with Gasteiger partial charge in [0.25, 0.3) is 0 Å². The first-order valence-electron chi connectivity index (χ1n) is 4.98. The van der Waals surface area contributed by atoms with E-state index in [0.29, 0.717) is 13.2 Å². The Labute approximate surface area is 104 Å². The van der Waals surface area contributed by atoms with E-state index in [4.69, 9.17) is 14.3 Å². The number of hydroxylamine groups is 1. The predicted molar refractivity (Wildman–Crippen MR) is 65.7 cm³/mol. The molecule has 0 unspecified atom stereocenters. The van der Waals surface area contributed by atoms with Crippen molar-refractivity contribution in [1.82, 2.24) is 5.48 Å². The second-order valence-corrected chi connectivity index (χ2v) is 3.87. The van der Waals surface area contributed by atoms with Crippen LogP contribution >= 0.6 is 15.9 Å². The number of ether oxygens (including phenoxy) is 2. The highest BCUT2D eigenvalue weighted by Crippen LogP contribution is 2.36. The molecule has 90 valence electrons. The van der Waals surface area contributed by atoms with Crippen LogP contribution in [0, 0.1) is 0 Å². The van der Waals surface area contributed by atoms with E-state index in [1.165, 1.54) is 0 Å². The van der Waals surface area contributed by atoms with Crippen molar-refractivity contribution in [2.45, 2.75) is 13.5 Å². The van der Waals surface area contributed by atoms with E-state index in [1.54, 1.807) is 14.2 Å². The van der Waals surface area contributed by atoms with Gasteiger partial charge in [0.1, 0.15) is 0 Å². The van der Waals surface area contributed by atoms with Crippen molar-refractivity contribution in [2.75, 3.05) is 20.8 Å². The molecule has 1 aromatic rings. The Kier molecular flexibility index (Phi) is 5.59. The first-order chi connectivity index (χ1) is 7.74. The van der Waals surface area contributed by atoms with Gasteiger partial charge in [0, 0.05) is 10.0 Å². The summed E-state index contributed by atoms with van der Waals surface area (Å²) < 4.78 is 11.8. The molecular weight excluding hydrogens is 274 g/mol. The summed E-state index contributed by atoms with van der Waals surface area (Å²) in [7, 11) is 3.20. The first-order valence-corrected chi connectivity index (χ1v) is 5.77. The number of halogens is 1. The van der Waals surface area contributed by atoms with E-state index in [9.17, 15) is 0 Å². The Morgan fingerprint density at radius 2 is 2.06 bits per heavy atom. The molecule has 1 N–H and O–H groups in total. The molecule has 0 heterocycles. The fraction of sp³-hybridized carbons (Fsp3) is 0.455. The van der Waals surface area contributed by atoms with Crippen molar-refractivity contribution in [3.05, 3.63) is 22.2 Å². The second-order valence-electron chi connectivity index (χ2n) is 3.02. The van der Waals surface area contributed by atoms with Gasteiger partial charge in [-0.2, -0.15) is 5.48 Å². The maximum atomic E-state index is 5.59. The van der Waals surface area contributed by atoms with Crippen LogP contribution in [-0.4, -0.2) is 20.8 Å². The van der Waals surface area contributed by atoms with Crippen molar-refractivity contribution in [3.8, 4) is 11.5 Å². The Hall–Kier alpha value is -0.780. The maximum absolute atomic E-state index is 5.59. The molecule has 0 aliphatic carbocycles. The van der Waals surface area contributed by atoms with Crippen molar-refractivity contribution in [2.24, 2.45) is 0 Å². The van der Waals surface area contributed by atoms with E-state index in [0.717, 1.165) is 21.5 Å². The van der Waals surface area contributed by atoms with Crippen LogP contribution in [0.3, 0.4) is 0 Å². The third-order valence-corrected chi connectivity index (χ3v) is 2.81. The number of methoxy groups -OCH3 is 1. The Morgan fingerprint density at radius 3 is 2.62 bits per heavy atom. The SMILES string of the molecule is CCOc1c(OC)ccc(Br)c1CNOC. The molecule has 0 fully saturated rings. The first kappa shape index (κ1) is 13.3. The van der Waals surface area contributed by atoms with Crippen molar-refractivity contribution in [1.29, 1.82) is 0 Å². The van der Waals surface area contributed by atoms with Gasteiger partial charge in [0.15, 0.2) is 11.5 Å². The quantitative estimate of drug-likeness (QED) is 0.817. The number of rotatable bonds is 6. The van der Waals surface area contributed by atoms with Crippen molar-refractivity contribution in [3.63, 3.8) is 0 Å². The lowest BCUT2D eigenvalue weighted by Crippen LogP contribution is -2.13. The van der Waals surface area contributed by atoms with Gasteiger partial charge in [0.05, 0.1) is 27.4 Å². The summed E-state index contributed by atoms with van der Waals surface area (Å²) >= 11 is 3.48. The molecule has 0 atom stereocenters. The van der Waals surface area contributed by atoms with Crippen LogP contribution in [0.1, 0.15) is 12.5 Å². The zero-order chi connectivity index (χ0) is 12.0. The van der Waals surface area contributed by atoms with Crippen molar-refractivity contribution >= 4 is 15.9 Å². The van der Waals surface area contributed by atoms with Gasteiger partial charge in [-0.25, -0.2) is 0 Å². The molecule has 0 spiro atoms. The van der Waals surface area contributed by atoms with Gasteiger partial charge in [-0.3, -0.25) is 0 Å². The number of nitrogens with one attached hydrogen (secondary N) is 1. The van der Waals surface area contributed by atoms with Crippen LogP contribution in [0.15, 0.2) is 16.6 Å². The molecule has 16 heavy (non-hydrogen) atoms. The van der Waals surface area contributed by atoms with E-state index < -0.39 is 0 Å². The summed E-state index contributed by atoms with van der Waals surface area (Å²) in [5, 5.41) is 0. The number of benzene rings is 1. The fourth-order valence-electron chi connectivity index (χ4n) is 1.35. The van der Waals surface area contributed by atoms with Crippen LogP contribution in [0.2, 0.25) is 0 Å². The summed E-state index contributed by atoms with van der Waals surface area (Å²) in [4.78, 5) is 4.84. The zero-order valence-corrected chi connectivity index (χ0v) is 11.3. The highest BCUT2D eigenvalue weighted by Gasteiger charge is 2.13. The third kappa shape index (κ3) is 3.10. The molecule has 0 aliphatic heterocycles. The van der Waals surface area contributed by atoms with E-state index >= 15 is 0 Å². The molecule has 1 rings (SSSR count). The van der Waals surface area contributed by atoms with Gasteiger partial charge in [-0.15, -0.1) is 0 Å². The molecule has 0 saturated heterocycles. The standard InChI is InChI=1S/C11H16BrNO3/c1-4-16-11-8(7-13-15-3)9(12)5-6-10(11)14-2/h5-6,13H,4,7H2,1-3H3. The predicted octanol–water partition coefficient (Wildman–Crippen LogP) is 2.51. The molecular formula is C11H16BrNO3. The maximum Gasteiger partial charge on any atom is 0.166 e. The molecule has 0 bridgehead atoms. The molecule has 0 aliphatic rings. The summed E-state index contributed by atoms with van der Waals surface area (Å²) in [5.41, 5.74) is 3.76. The number of hydrogen-bond donors (Lipinski definition) is 1. The Morgan fingerprint density at radius 1 is 1.31 bits per heavy atom. The van der Waals surface area contributed by atoms with Crippen LogP contribution in [0.4, 0.5) is 0 Å². The fourth-order valence-corrected chi connectivity index (χ4v) is 1.81. The average Bonchev–Trinajstić information content (AvgIpc) is 2.29. The smallest absolute Gasteiger partial charge is 0.166 e. The lowest BCUT2D eigenvalue weighted by Gasteiger charge is -2.15. The monoisotopic (exact) mass is 289 g/mol. The molecule has 1 aromatic carbocycles.